The minimum absolute atomic E-state index is 0.0127. The van der Waals surface area contributed by atoms with Gasteiger partial charge in [0.25, 0.3) is 0 Å². The number of halogens is 4. The molecule has 1 unspecified atom stereocenters. The van der Waals surface area contributed by atoms with Crippen molar-refractivity contribution in [2.45, 2.75) is 37.6 Å². The summed E-state index contributed by atoms with van der Waals surface area (Å²) in [5, 5.41) is 3.37. The van der Waals surface area contributed by atoms with Crippen LogP contribution in [0.1, 0.15) is 36.5 Å². The van der Waals surface area contributed by atoms with Crippen LogP contribution in [0.15, 0.2) is 41.9 Å². The maximum absolute atomic E-state index is 14.3. The number of alkyl halides is 3. The molecule has 1 saturated heterocycles. The second-order valence-corrected chi connectivity index (χ2v) is 7.27. The number of fused-ring (bicyclic) bond motifs is 3. The van der Waals surface area contributed by atoms with E-state index >= 15 is 0 Å². The van der Waals surface area contributed by atoms with Crippen molar-refractivity contribution in [1.29, 1.82) is 0 Å². The molecule has 1 aromatic carbocycles. The third kappa shape index (κ3) is 3.33. The van der Waals surface area contributed by atoms with E-state index in [2.05, 4.69) is 5.32 Å². The van der Waals surface area contributed by atoms with Crippen LogP contribution in [0.25, 0.3) is 0 Å². The molecule has 1 aromatic rings. The summed E-state index contributed by atoms with van der Waals surface area (Å²) in [5.41, 5.74) is 0.497. The Morgan fingerprint density at radius 2 is 2.07 bits per heavy atom. The largest absolute Gasteiger partial charge is 0.494 e. The number of methoxy groups -OCH3 is 1. The smallest absolute Gasteiger partial charge is 0.416 e. The summed E-state index contributed by atoms with van der Waals surface area (Å²) in [6.07, 6.45) is 0.609. The molecule has 0 saturated carbocycles. The predicted octanol–water partition coefficient (Wildman–Crippen LogP) is 5.37. The van der Waals surface area contributed by atoms with Crippen LogP contribution in [0, 0.1) is 11.8 Å². The fourth-order valence-electron chi connectivity index (χ4n) is 4.41. The van der Waals surface area contributed by atoms with Crippen molar-refractivity contribution in [3.05, 3.63) is 53.1 Å². The fraction of sp³-hybridized carbons (Fsp3) is 0.500. The fourth-order valence-corrected chi connectivity index (χ4v) is 4.41. The second-order valence-electron chi connectivity index (χ2n) is 7.27. The maximum Gasteiger partial charge on any atom is 0.416 e. The normalized spacial score (nSPS) is 30.4. The zero-order chi connectivity index (χ0) is 19.2. The van der Waals surface area contributed by atoms with Crippen molar-refractivity contribution in [3.63, 3.8) is 0 Å². The van der Waals surface area contributed by atoms with Gasteiger partial charge < -0.3 is 14.8 Å². The number of anilines is 1. The summed E-state index contributed by atoms with van der Waals surface area (Å²) >= 11 is 0. The third-order valence-corrected chi connectivity index (χ3v) is 5.70. The molecule has 1 N–H and O–H groups in total. The Balaban J connectivity index is 1.67. The van der Waals surface area contributed by atoms with Crippen molar-refractivity contribution >= 4 is 5.69 Å². The summed E-state index contributed by atoms with van der Waals surface area (Å²) in [4.78, 5) is 0. The average molecular weight is 383 g/mol. The molecule has 27 heavy (non-hydrogen) atoms. The molecule has 2 heterocycles. The first-order valence-electron chi connectivity index (χ1n) is 9.08. The van der Waals surface area contributed by atoms with Gasteiger partial charge in [0.05, 0.1) is 18.8 Å². The summed E-state index contributed by atoms with van der Waals surface area (Å²) in [6, 6.07) is 3.60. The van der Waals surface area contributed by atoms with Gasteiger partial charge >= 0.3 is 6.18 Å². The number of benzene rings is 1. The van der Waals surface area contributed by atoms with Gasteiger partial charge in [0, 0.05) is 42.2 Å². The van der Waals surface area contributed by atoms with Crippen LogP contribution >= 0.6 is 0 Å². The molecule has 3 nitrogen and oxygen atoms in total. The Labute approximate surface area is 155 Å². The first-order chi connectivity index (χ1) is 12.9. The lowest BCUT2D eigenvalue weighted by Crippen LogP contribution is -2.45. The first-order valence-corrected chi connectivity index (χ1v) is 9.08. The lowest BCUT2D eigenvalue weighted by Gasteiger charge is -2.46. The van der Waals surface area contributed by atoms with E-state index in [0.29, 0.717) is 17.9 Å². The minimum atomic E-state index is -4.40. The Kier molecular flexibility index (Phi) is 4.66. The molecule has 1 fully saturated rings. The first kappa shape index (κ1) is 18.3. The lowest BCUT2D eigenvalue weighted by molar-refractivity contribution is -0.137. The molecule has 0 amide bonds. The zero-order valence-electron chi connectivity index (χ0n) is 14.9. The summed E-state index contributed by atoms with van der Waals surface area (Å²) < 4.78 is 64.6. The standard InChI is InChI=1S/C20H21F4NO2/c1-26-17-7-4-11(9-15(17)21)18-13-3-2-8-27-19(13)14-10-12(20(22,23)24)5-6-16(14)25-18/h4-7,10-11,13,18-19,25H,2-3,8-9H2,1H3/t11?,13-,18-,19-/m0/s1. The van der Waals surface area contributed by atoms with Crippen LogP contribution < -0.4 is 5.32 Å². The predicted molar refractivity (Wildman–Crippen MR) is 92.7 cm³/mol. The van der Waals surface area contributed by atoms with Crippen LogP contribution in [0.5, 0.6) is 0 Å². The molecule has 0 radical (unpaired) electrons. The summed E-state index contributed by atoms with van der Waals surface area (Å²) in [5.74, 6) is -0.207. The van der Waals surface area contributed by atoms with Crippen molar-refractivity contribution in [2.75, 3.05) is 19.0 Å². The molecular weight excluding hydrogens is 362 g/mol. The van der Waals surface area contributed by atoms with Gasteiger partial charge in [-0.1, -0.05) is 6.08 Å². The van der Waals surface area contributed by atoms with Gasteiger partial charge in [0.2, 0.25) is 0 Å². The molecule has 2 aliphatic heterocycles. The Morgan fingerprint density at radius 3 is 2.78 bits per heavy atom. The van der Waals surface area contributed by atoms with Gasteiger partial charge in [-0.05, 0) is 37.1 Å². The molecule has 3 aliphatic rings. The monoisotopic (exact) mass is 383 g/mol. The van der Waals surface area contributed by atoms with Gasteiger partial charge in [-0.25, -0.2) is 4.39 Å². The van der Waals surface area contributed by atoms with Crippen LogP contribution in [-0.2, 0) is 15.7 Å². The van der Waals surface area contributed by atoms with Gasteiger partial charge in [-0.3, -0.25) is 0 Å². The van der Waals surface area contributed by atoms with Crippen molar-refractivity contribution in [3.8, 4) is 0 Å². The zero-order valence-corrected chi connectivity index (χ0v) is 14.9. The number of hydrogen-bond acceptors (Lipinski definition) is 3. The Morgan fingerprint density at radius 1 is 1.26 bits per heavy atom. The number of hydrogen-bond donors (Lipinski definition) is 1. The van der Waals surface area contributed by atoms with E-state index in [0.717, 1.165) is 18.9 Å². The minimum Gasteiger partial charge on any atom is -0.494 e. The number of nitrogens with one attached hydrogen (secondary N) is 1. The topological polar surface area (TPSA) is 30.5 Å². The van der Waals surface area contributed by atoms with E-state index in [1.165, 1.54) is 19.2 Å². The molecular formula is C20H21F4NO2. The van der Waals surface area contributed by atoms with Crippen molar-refractivity contribution in [2.24, 2.45) is 11.8 Å². The van der Waals surface area contributed by atoms with Gasteiger partial charge in [-0.15, -0.1) is 0 Å². The number of allylic oxidation sites excluding steroid dienone is 2. The SMILES string of the molecule is COC1=C(F)CC([C@@H]2Nc3ccc(C(F)(F)F)cc3[C@H]3OCCC[C@H]32)C=C1. The Bertz CT molecular complexity index is 787. The van der Waals surface area contributed by atoms with E-state index in [1.54, 1.807) is 6.08 Å². The Hall–Kier alpha value is -2.02. The van der Waals surface area contributed by atoms with Crippen LogP contribution in [0.3, 0.4) is 0 Å². The highest BCUT2D eigenvalue weighted by molar-refractivity contribution is 5.58. The highest BCUT2D eigenvalue weighted by Crippen LogP contribution is 2.48. The molecule has 0 bridgehead atoms. The quantitative estimate of drug-likeness (QED) is 0.697. The van der Waals surface area contributed by atoms with Gasteiger partial charge in [-0.2, -0.15) is 13.2 Å². The summed E-state index contributed by atoms with van der Waals surface area (Å²) in [7, 11) is 1.43. The molecule has 0 spiro atoms. The average Bonchev–Trinajstić information content (AvgIpc) is 2.66. The van der Waals surface area contributed by atoms with Crippen molar-refractivity contribution < 1.29 is 27.0 Å². The lowest BCUT2D eigenvalue weighted by atomic mass is 9.73. The second kappa shape index (κ2) is 6.86. The molecule has 146 valence electrons. The van der Waals surface area contributed by atoms with E-state index in [-0.39, 0.29) is 35.9 Å². The molecule has 0 aromatic heterocycles. The molecule has 7 heteroatoms. The molecule has 1 aliphatic carbocycles. The van der Waals surface area contributed by atoms with Crippen molar-refractivity contribution in [1.82, 2.24) is 0 Å². The number of rotatable bonds is 2. The van der Waals surface area contributed by atoms with E-state index in [9.17, 15) is 17.6 Å². The van der Waals surface area contributed by atoms with Gasteiger partial charge in [0.1, 0.15) is 11.6 Å². The third-order valence-electron chi connectivity index (χ3n) is 5.70. The summed E-state index contributed by atoms with van der Waals surface area (Å²) in [6.45, 7) is 0.520. The maximum atomic E-state index is 14.3. The molecule has 4 atom stereocenters. The van der Waals surface area contributed by atoms with E-state index in [1.807, 2.05) is 6.08 Å². The number of ether oxygens (including phenoxy) is 2. The van der Waals surface area contributed by atoms with Crippen LogP contribution in [0.4, 0.5) is 23.2 Å². The van der Waals surface area contributed by atoms with Crippen LogP contribution in [0.2, 0.25) is 0 Å². The van der Waals surface area contributed by atoms with Crippen LogP contribution in [-0.4, -0.2) is 19.8 Å². The van der Waals surface area contributed by atoms with E-state index in [4.69, 9.17) is 9.47 Å². The highest BCUT2D eigenvalue weighted by Gasteiger charge is 2.43. The van der Waals surface area contributed by atoms with Gasteiger partial charge in [0.15, 0.2) is 0 Å². The highest BCUT2D eigenvalue weighted by atomic mass is 19.4. The molecule has 4 rings (SSSR count). The van der Waals surface area contributed by atoms with E-state index < -0.39 is 17.8 Å².